The Morgan fingerprint density at radius 2 is 2.00 bits per heavy atom. The first-order valence-corrected chi connectivity index (χ1v) is 4.43. The van der Waals surface area contributed by atoms with Gasteiger partial charge in [0.05, 0.1) is 0 Å². The van der Waals surface area contributed by atoms with E-state index in [1.54, 1.807) is 0 Å². The zero-order chi connectivity index (χ0) is 9.03. The van der Waals surface area contributed by atoms with E-state index >= 15 is 0 Å². The molecule has 0 bridgehead atoms. The molecule has 1 nitrogen and oxygen atoms in total. The Balaban J connectivity index is 2.87. The maximum atomic E-state index is 5.90. The number of nitrogens with two attached hydrogens (primary N) is 1. The third-order valence-corrected chi connectivity index (χ3v) is 2.43. The summed E-state index contributed by atoms with van der Waals surface area (Å²) in [5.41, 5.74) is 5.91. The molecule has 12 heavy (non-hydrogen) atoms. The second-order valence-electron chi connectivity index (χ2n) is 3.58. The SMILES string of the molecule is CC(N)C1(C)/C=C\C=C\C/C=C\1. The van der Waals surface area contributed by atoms with Crippen molar-refractivity contribution >= 4 is 0 Å². The van der Waals surface area contributed by atoms with Crippen molar-refractivity contribution in [2.24, 2.45) is 11.1 Å². The monoisotopic (exact) mass is 163 g/mol. The van der Waals surface area contributed by atoms with Gasteiger partial charge in [0.2, 0.25) is 0 Å². The van der Waals surface area contributed by atoms with Crippen LogP contribution in [0.3, 0.4) is 0 Å². The maximum Gasteiger partial charge on any atom is 0.0185 e. The number of hydrogen-bond donors (Lipinski definition) is 1. The van der Waals surface area contributed by atoms with Gasteiger partial charge in [0.15, 0.2) is 0 Å². The van der Waals surface area contributed by atoms with E-state index in [2.05, 4.69) is 43.4 Å². The number of allylic oxidation sites excluding steroid dienone is 4. The average Bonchev–Trinajstić information content (AvgIpc) is 1.97. The first-order chi connectivity index (χ1) is 5.65. The Labute approximate surface area is 74.7 Å². The molecule has 66 valence electrons. The molecule has 0 aromatic heterocycles. The normalized spacial score (nSPS) is 39.2. The molecule has 2 atom stereocenters. The molecule has 0 radical (unpaired) electrons. The molecule has 0 aromatic carbocycles. The molecule has 0 saturated heterocycles. The minimum Gasteiger partial charge on any atom is -0.327 e. The van der Waals surface area contributed by atoms with Gasteiger partial charge in [-0.15, -0.1) is 0 Å². The van der Waals surface area contributed by atoms with Crippen LogP contribution in [-0.4, -0.2) is 6.04 Å². The lowest BCUT2D eigenvalue weighted by Gasteiger charge is -2.26. The summed E-state index contributed by atoms with van der Waals surface area (Å²) in [6.45, 7) is 4.20. The van der Waals surface area contributed by atoms with E-state index in [-0.39, 0.29) is 11.5 Å². The van der Waals surface area contributed by atoms with Crippen LogP contribution in [0.2, 0.25) is 0 Å². The van der Waals surface area contributed by atoms with Gasteiger partial charge < -0.3 is 5.73 Å². The molecule has 1 rings (SSSR count). The molecule has 1 aliphatic carbocycles. The molecule has 0 aliphatic heterocycles. The van der Waals surface area contributed by atoms with E-state index in [0.29, 0.717) is 0 Å². The molecule has 0 spiro atoms. The minimum absolute atomic E-state index is 0.0186. The zero-order valence-electron chi connectivity index (χ0n) is 7.83. The van der Waals surface area contributed by atoms with Gasteiger partial charge in [-0.2, -0.15) is 0 Å². The van der Waals surface area contributed by atoms with Crippen LogP contribution in [0.5, 0.6) is 0 Å². The average molecular weight is 163 g/mol. The van der Waals surface area contributed by atoms with Gasteiger partial charge >= 0.3 is 0 Å². The third-order valence-electron chi connectivity index (χ3n) is 2.43. The smallest absolute Gasteiger partial charge is 0.0185 e. The fourth-order valence-electron chi connectivity index (χ4n) is 1.18. The molecule has 0 heterocycles. The highest BCUT2D eigenvalue weighted by atomic mass is 14.7. The lowest BCUT2D eigenvalue weighted by atomic mass is 9.82. The highest BCUT2D eigenvalue weighted by Crippen LogP contribution is 2.25. The van der Waals surface area contributed by atoms with Crippen molar-refractivity contribution in [2.75, 3.05) is 0 Å². The summed E-state index contributed by atoms with van der Waals surface area (Å²) in [6.07, 6.45) is 13.8. The molecular formula is C11H17N. The Hall–Kier alpha value is -0.820. The lowest BCUT2D eigenvalue weighted by Crippen LogP contribution is -2.33. The van der Waals surface area contributed by atoms with Gasteiger partial charge in [0.25, 0.3) is 0 Å². The van der Waals surface area contributed by atoms with Crippen LogP contribution in [-0.2, 0) is 0 Å². The lowest BCUT2D eigenvalue weighted by molar-refractivity contribution is 0.448. The Morgan fingerprint density at radius 1 is 1.25 bits per heavy atom. The summed E-state index contributed by atoms with van der Waals surface area (Å²) < 4.78 is 0. The summed E-state index contributed by atoms with van der Waals surface area (Å²) in [6, 6.07) is 0.163. The van der Waals surface area contributed by atoms with Gasteiger partial charge in [-0.25, -0.2) is 0 Å². The van der Waals surface area contributed by atoms with Crippen molar-refractivity contribution in [3.05, 3.63) is 36.5 Å². The van der Waals surface area contributed by atoms with Gasteiger partial charge in [-0.05, 0) is 13.3 Å². The Morgan fingerprint density at radius 3 is 2.67 bits per heavy atom. The molecule has 0 aromatic rings. The second kappa shape index (κ2) is 3.72. The number of rotatable bonds is 1. The van der Waals surface area contributed by atoms with Crippen molar-refractivity contribution in [1.29, 1.82) is 0 Å². The Kier molecular flexibility index (Phi) is 2.88. The largest absolute Gasteiger partial charge is 0.327 e. The highest BCUT2D eigenvalue weighted by molar-refractivity contribution is 5.20. The summed E-state index contributed by atoms with van der Waals surface area (Å²) in [5.74, 6) is 0. The van der Waals surface area contributed by atoms with Crippen LogP contribution in [0, 0.1) is 5.41 Å². The predicted octanol–water partition coefficient (Wildman–Crippen LogP) is 2.41. The summed E-state index contributed by atoms with van der Waals surface area (Å²) >= 11 is 0. The first kappa shape index (κ1) is 9.27. The first-order valence-electron chi connectivity index (χ1n) is 4.43. The van der Waals surface area contributed by atoms with Crippen molar-refractivity contribution in [3.8, 4) is 0 Å². The van der Waals surface area contributed by atoms with Crippen LogP contribution in [0.4, 0.5) is 0 Å². The fraction of sp³-hybridized carbons (Fsp3) is 0.455. The number of hydrogen-bond acceptors (Lipinski definition) is 1. The van der Waals surface area contributed by atoms with Crippen molar-refractivity contribution in [1.82, 2.24) is 0 Å². The van der Waals surface area contributed by atoms with Crippen LogP contribution >= 0.6 is 0 Å². The molecule has 1 aliphatic rings. The predicted molar refractivity (Wildman–Crippen MR) is 53.8 cm³/mol. The molecule has 0 fully saturated rings. The molecule has 0 amide bonds. The van der Waals surface area contributed by atoms with E-state index in [1.807, 2.05) is 6.92 Å². The molecule has 2 unspecified atom stereocenters. The third kappa shape index (κ3) is 2.08. The van der Waals surface area contributed by atoms with Crippen LogP contribution in [0.25, 0.3) is 0 Å². The standard InChI is InChI=1S/C11H17N/c1-10(12)11(2)8-6-4-3-5-7-9-11/h3-4,6-10H,5,12H2,1-2H3/b4-3+,8-6-,9-7-. The van der Waals surface area contributed by atoms with E-state index in [4.69, 9.17) is 5.73 Å². The Bertz CT molecular complexity index is 223. The van der Waals surface area contributed by atoms with Gasteiger partial charge in [0.1, 0.15) is 0 Å². The summed E-state index contributed by atoms with van der Waals surface area (Å²) in [4.78, 5) is 0. The van der Waals surface area contributed by atoms with Crippen LogP contribution in [0.1, 0.15) is 20.3 Å². The zero-order valence-corrected chi connectivity index (χ0v) is 7.83. The summed E-state index contributed by atoms with van der Waals surface area (Å²) in [7, 11) is 0. The maximum absolute atomic E-state index is 5.90. The highest BCUT2D eigenvalue weighted by Gasteiger charge is 2.21. The topological polar surface area (TPSA) is 26.0 Å². The molecule has 0 saturated carbocycles. The van der Waals surface area contributed by atoms with Crippen molar-refractivity contribution in [2.45, 2.75) is 26.3 Å². The molecule has 1 heteroatoms. The van der Waals surface area contributed by atoms with Crippen LogP contribution in [0.15, 0.2) is 36.5 Å². The van der Waals surface area contributed by atoms with E-state index < -0.39 is 0 Å². The van der Waals surface area contributed by atoms with Crippen LogP contribution < -0.4 is 5.73 Å². The summed E-state index contributed by atoms with van der Waals surface area (Å²) in [5, 5.41) is 0. The molecular weight excluding hydrogens is 146 g/mol. The minimum atomic E-state index is 0.0186. The second-order valence-corrected chi connectivity index (χ2v) is 3.58. The van der Waals surface area contributed by atoms with E-state index in [9.17, 15) is 0 Å². The van der Waals surface area contributed by atoms with Crippen molar-refractivity contribution in [3.63, 3.8) is 0 Å². The van der Waals surface area contributed by atoms with E-state index in [1.165, 1.54) is 0 Å². The van der Waals surface area contributed by atoms with Gasteiger partial charge in [-0.1, -0.05) is 43.4 Å². The quantitative estimate of drug-likeness (QED) is 0.590. The van der Waals surface area contributed by atoms with Crippen molar-refractivity contribution < 1.29 is 0 Å². The van der Waals surface area contributed by atoms with E-state index in [0.717, 1.165) is 6.42 Å². The molecule has 2 N–H and O–H groups in total. The fourth-order valence-corrected chi connectivity index (χ4v) is 1.18. The van der Waals surface area contributed by atoms with Gasteiger partial charge in [-0.3, -0.25) is 0 Å². The van der Waals surface area contributed by atoms with Gasteiger partial charge in [0, 0.05) is 11.5 Å².